The molecule has 1 aromatic heterocycles. The minimum absolute atomic E-state index is 0.174. The van der Waals surface area contributed by atoms with Crippen molar-refractivity contribution in [3.8, 4) is 5.75 Å². The minimum Gasteiger partial charge on any atom is -0.491 e. The molecular formula is C27H31Cl2N5O6. The molecule has 1 aliphatic rings. The van der Waals surface area contributed by atoms with Gasteiger partial charge in [0.15, 0.2) is 0 Å². The summed E-state index contributed by atoms with van der Waals surface area (Å²) < 4.78 is 25.2. The van der Waals surface area contributed by atoms with E-state index < -0.39 is 17.8 Å². The topological polar surface area (TPSA) is 125 Å². The highest BCUT2D eigenvalue weighted by Gasteiger charge is 2.45. The highest BCUT2D eigenvalue weighted by Crippen LogP contribution is 2.40. The van der Waals surface area contributed by atoms with Gasteiger partial charge in [-0.15, -0.1) is 0 Å². The first kappa shape index (κ1) is 29.5. The van der Waals surface area contributed by atoms with Crippen LogP contribution in [-0.2, 0) is 31.3 Å². The van der Waals surface area contributed by atoms with Crippen molar-refractivity contribution in [1.29, 1.82) is 0 Å². The molecule has 0 spiro atoms. The lowest BCUT2D eigenvalue weighted by atomic mass is 10.1. The Hall–Kier alpha value is -3.51. The number of hydrogen-bond donors (Lipinski definition) is 3. The van der Waals surface area contributed by atoms with Crippen LogP contribution in [-0.4, -0.2) is 67.1 Å². The van der Waals surface area contributed by atoms with Gasteiger partial charge in [0, 0.05) is 41.8 Å². The van der Waals surface area contributed by atoms with Crippen molar-refractivity contribution in [2.75, 3.05) is 44.8 Å². The molecule has 3 N–H and O–H groups in total. The molecular weight excluding hydrogens is 561 g/mol. The molecule has 0 aliphatic carbocycles. The van der Waals surface area contributed by atoms with Gasteiger partial charge in [0.05, 0.1) is 31.1 Å². The number of ether oxygens (including phenoxy) is 4. The van der Waals surface area contributed by atoms with Crippen molar-refractivity contribution in [3.63, 3.8) is 0 Å². The minimum atomic E-state index is -1.12. The monoisotopic (exact) mass is 591 g/mol. The number of esters is 1. The molecule has 13 heteroatoms. The van der Waals surface area contributed by atoms with E-state index in [1.165, 1.54) is 0 Å². The fourth-order valence-electron chi connectivity index (χ4n) is 4.04. The summed E-state index contributed by atoms with van der Waals surface area (Å²) >= 11 is 12.6. The van der Waals surface area contributed by atoms with Crippen LogP contribution in [0.15, 0.2) is 61.2 Å². The number of amides is 2. The Labute approximate surface area is 242 Å². The summed E-state index contributed by atoms with van der Waals surface area (Å²) in [4.78, 5) is 27.1. The standard InChI is InChI=1S/C27H31Cl2N5O6/c1-2-37-25(35)14-33-26(36)32-10-9-31-20-4-6-21(7-5-20)38-15-22-16-39-27(40-22,17-34-12-11-30-18-34)23-8-3-19(28)13-24(23)29/h3-8,11-13,18,22,31H,2,9-10,14-17H2,1H3,(H2,32,33,36). The molecule has 40 heavy (non-hydrogen) atoms. The van der Waals surface area contributed by atoms with Crippen molar-refractivity contribution in [2.45, 2.75) is 25.4 Å². The van der Waals surface area contributed by atoms with Crippen LogP contribution in [0.25, 0.3) is 0 Å². The molecule has 2 aromatic carbocycles. The maximum atomic E-state index is 11.7. The molecule has 2 atom stereocenters. The lowest BCUT2D eigenvalue weighted by Gasteiger charge is -2.30. The zero-order valence-electron chi connectivity index (χ0n) is 21.9. The van der Waals surface area contributed by atoms with Crippen molar-refractivity contribution in [3.05, 3.63) is 76.8 Å². The van der Waals surface area contributed by atoms with Gasteiger partial charge in [-0.3, -0.25) is 4.79 Å². The average Bonchev–Trinajstić information content (AvgIpc) is 3.60. The van der Waals surface area contributed by atoms with Gasteiger partial charge < -0.3 is 39.5 Å². The predicted octanol–water partition coefficient (Wildman–Crippen LogP) is 3.81. The lowest BCUT2D eigenvalue weighted by molar-refractivity contribution is -0.189. The number of urea groups is 1. The third kappa shape index (κ3) is 8.25. The molecule has 2 amide bonds. The second-order valence-electron chi connectivity index (χ2n) is 8.84. The number of carbonyl (C=O) groups excluding carboxylic acids is 2. The molecule has 2 unspecified atom stereocenters. The third-order valence-electron chi connectivity index (χ3n) is 5.88. The number of nitrogens with one attached hydrogen (secondary N) is 3. The highest BCUT2D eigenvalue weighted by atomic mass is 35.5. The summed E-state index contributed by atoms with van der Waals surface area (Å²) in [7, 11) is 0. The van der Waals surface area contributed by atoms with Gasteiger partial charge in [-0.25, -0.2) is 9.78 Å². The Morgan fingerprint density at radius 3 is 2.70 bits per heavy atom. The van der Waals surface area contributed by atoms with E-state index >= 15 is 0 Å². The van der Waals surface area contributed by atoms with Gasteiger partial charge in [-0.1, -0.05) is 29.3 Å². The molecule has 11 nitrogen and oxygen atoms in total. The van der Waals surface area contributed by atoms with Crippen LogP contribution in [0.5, 0.6) is 5.75 Å². The summed E-state index contributed by atoms with van der Waals surface area (Å²) in [6.45, 7) is 3.60. The second-order valence-corrected chi connectivity index (χ2v) is 9.68. The van der Waals surface area contributed by atoms with Crippen LogP contribution >= 0.6 is 23.2 Å². The Morgan fingerprint density at radius 2 is 1.98 bits per heavy atom. The molecule has 3 aromatic rings. The van der Waals surface area contributed by atoms with Gasteiger partial charge in [-0.05, 0) is 43.3 Å². The Kier molecular flexibility index (Phi) is 10.5. The highest BCUT2D eigenvalue weighted by molar-refractivity contribution is 6.35. The number of nitrogens with zero attached hydrogens (tertiary/aromatic N) is 2. The lowest BCUT2D eigenvalue weighted by Crippen LogP contribution is -2.40. The first-order chi connectivity index (χ1) is 19.4. The number of benzene rings is 2. The fourth-order valence-corrected chi connectivity index (χ4v) is 4.60. The molecule has 0 saturated carbocycles. The molecule has 214 valence electrons. The number of halogens is 2. The largest absolute Gasteiger partial charge is 0.491 e. The molecule has 4 rings (SSSR count). The smallest absolute Gasteiger partial charge is 0.325 e. The fraction of sp³-hybridized carbons (Fsp3) is 0.370. The maximum absolute atomic E-state index is 11.7. The van der Waals surface area contributed by atoms with E-state index in [0.29, 0.717) is 47.6 Å². The zero-order chi connectivity index (χ0) is 28.4. The molecule has 0 radical (unpaired) electrons. The Bertz CT molecular complexity index is 1260. The Balaban J connectivity index is 1.24. The molecule has 2 heterocycles. The van der Waals surface area contributed by atoms with Crippen molar-refractivity contribution in [2.24, 2.45) is 0 Å². The first-order valence-corrected chi connectivity index (χ1v) is 13.5. The van der Waals surface area contributed by atoms with E-state index in [0.717, 1.165) is 5.69 Å². The maximum Gasteiger partial charge on any atom is 0.325 e. The number of rotatable bonds is 13. The number of hydrogen-bond acceptors (Lipinski definition) is 8. The van der Waals surface area contributed by atoms with Crippen LogP contribution in [0.2, 0.25) is 10.0 Å². The van der Waals surface area contributed by atoms with Crippen LogP contribution in [0.3, 0.4) is 0 Å². The zero-order valence-corrected chi connectivity index (χ0v) is 23.4. The Morgan fingerprint density at radius 1 is 1.15 bits per heavy atom. The predicted molar refractivity (Wildman–Crippen MR) is 150 cm³/mol. The van der Waals surface area contributed by atoms with Gasteiger partial charge >= 0.3 is 12.0 Å². The van der Waals surface area contributed by atoms with E-state index in [-0.39, 0.29) is 25.9 Å². The van der Waals surface area contributed by atoms with Gasteiger partial charge in [0.25, 0.3) is 0 Å². The first-order valence-electron chi connectivity index (χ1n) is 12.7. The van der Waals surface area contributed by atoms with E-state index in [9.17, 15) is 9.59 Å². The summed E-state index contributed by atoms with van der Waals surface area (Å²) in [5, 5.41) is 9.27. The van der Waals surface area contributed by atoms with Gasteiger partial charge in [0.1, 0.15) is 25.0 Å². The van der Waals surface area contributed by atoms with Crippen LogP contribution in [0.4, 0.5) is 10.5 Å². The van der Waals surface area contributed by atoms with Crippen molar-refractivity contribution >= 4 is 40.9 Å². The van der Waals surface area contributed by atoms with Crippen LogP contribution < -0.4 is 20.7 Å². The normalized spacial score (nSPS) is 18.2. The van der Waals surface area contributed by atoms with E-state index in [1.807, 2.05) is 41.1 Å². The summed E-state index contributed by atoms with van der Waals surface area (Å²) in [5.74, 6) is -0.930. The summed E-state index contributed by atoms with van der Waals surface area (Å²) in [6, 6.07) is 12.2. The number of anilines is 1. The molecule has 1 aliphatic heterocycles. The SMILES string of the molecule is CCOC(=O)CNC(=O)NCCNc1ccc(OCC2COC(Cn3ccnc3)(c3ccc(Cl)cc3Cl)O2)cc1. The van der Waals surface area contributed by atoms with E-state index in [1.54, 1.807) is 31.6 Å². The average molecular weight is 592 g/mol. The third-order valence-corrected chi connectivity index (χ3v) is 6.43. The quantitative estimate of drug-likeness (QED) is 0.202. The molecule has 0 bridgehead atoms. The van der Waals surface area contributed by atoms with Gasteiger partial charge in [-0.2, -0.15) is 0 Å². The summed E-state index contributed by atoms with van der Waals surface area (Å²) in [6.07, 6.45) is 4.87. The summed E-state index contributed by atoms with van der Waals surface area (Å²) in [5.41, 5.74) is 1.54. The van der Waals surface area contributed by atoms with Crippen molar-refractivity contribution < 1.29 is 28.5 Å². The number of carbonyl (C=O) groups is 2. The van der Waals surface area contributed by atoms with E-state index in [4.69, 9.17) is 42.1 Å². The molecule has 1 fully saturated rings. The van der Waals surface area contributed by atoms with Crippen LogP contribution in [0.1, 0.15) is 12.5 Å². The van der Waals surface area contributed by atoms with Crippen molar-refractivity contribution in [1.82, 2.24) is 20.2 Å². The number of imidazole rings is 1. The second kappa shape index (κ2) is 14.2. The molecule has 1 saturated heterocycles. The number of aromatic nitrogens is 2. The van der Waals surface area contributed by atoms with Crippen LogP contribution in [0, 0.1) is 0 Å². The van der Waals surface area contributed by atoms with Gasteiger partial charge in [0.2, 0.25) is 5.79 Å². The van der Waals surface area contributed by atoms with E-state index in [2.05, 4.69) is 20.9 Å².